The van der Waals surface area contributed by atoms with Gasteiger partial charge in [-0.2, -0.15) is 0 Å². The maximum Gasteiger partial charge on any atom is 0.354 e. The second-order valence-electron chi connectivity index (χ2n) is 3.32. The second-order valence-corrected chi connectivity index (χ2v) is 3.32. The molecule has 17 heavy (non-hydrogen) atoms. The summed E-state index contributed by atoms with van der Waals surface area (Å²) in [5.74, 6) is -1.11. The molecule has 0 aliphatic rings. The van der Waals surface area contributed by atoms with E-state index in [1.165, 1.54) is 6.07 Å². The van der Waals surface area contributed by atoms with E-state index in [1.54, 1.807) is 18.2 Å². The summed E-state index contributed by atoms with van der Waals surface area (Å²) in [6.07, 6.45) is 0. The Hall–Kier alpha value is -2.63. The number of nitrogens with two attached hydrogens (primary N) is 1. The largest absolute Gasteiger partial charge is 0.507 e. The Morgan fingerprint density at radius 1 is 1.24 bits per heavy atom. The number of aromatic carboxylic acids is 1. The maximum absolute atomic E-state index is 10.8. The van der Waals surface area contributed by atoms with E-state index in [0.717, 1.165) is 6.07 Å². The van der Waals surface area contributed by atoms with Gasteiger partial charge in [-0.1, -0.05) is 12.1 Å². The molecule has 0 radical (unpaired) electrons. The zero-order chi connectivity index (χ0) is 12.4. The lowest BCUT2D eigenvalue weighted by atomic mass is 10.2. The van der Waals surface area contributed by atoms with Crippen molar-refractivity contribution < 1.29 is 15.0 Å². The Labute approximate surface area is 96.4 Å². The lowest BCUT2D eigenvalue weighted by Gasteiger charge is -2.04. The van der Waals surface area contributed by atoms with E-state index in [4.69, 9.17) is 10.8 Å². The van der Waals surface area contributed by atoms with Gasteiger partial charge in [-0.15, -0.1) is 0 Å². The fourth-order valence-corrected chi connectivity index (χ4v) is 1.36. The average Bonchev–Trinajstić information content (AvgIpc) is 2.28. The number of para-hydroxylation sites is 1. The molecule has 1 aromatic carbocycles. The summed E-state index contributed by atoms with van der Waals surface area (Å²) in [6, 6.07) is 7.52. The molecule has 1 aromatic heterocycles. The molecule has 0 saturated carbocycles. The number of aromatic nitrogens is 2. The van der Waals surface area contributed by atoms with Gasteiger partial charge in [0.05, 0.1) is 5.56 Å². The number of phenols is 1. The van der Waals surface area contributed by atoms with Crippen LogP contribution in [0.2, 0.25) is 0 Å². The number of carboxylic acid groups (broad SMARTS) is 1. The summed E-state index contributed by atoms with van der Waals surface area (Å²) in [4.78, 5) is 18.5. The van der Waals surface area contributed by atoms with Gasteiger partial charge in [0.15, 0.2) is 11.5 Å². The van der Waals surface area contributed by atoms with Crippen LogP contribution in [0.4, 0.5) is 5.82 Å². The zero-order valence-electron chi connectivity index (χ0n) is 8.66. The number of hydrogen-bond donors (Lipinski definition) is 3. The fraction of sp³-hybridized carbons (Fsp3) is 0. The van der Waals surface area contributed by atoms with Crippen LogP contribution >= 0.6 is 0 Å². The van der Waals surface area contributed by atoms with Crippen molar-refractivity contribution >= 4 is 11.8 Å². The first-order valence-electron chi connectivity index (χ1n) is 4.74. The molecule has 0 fully saturated rings. The number of nitrogens with zero attached hydrogens (tertiary/aromatic N) is 2. The van der Waals surface area contributed by atoms with Crippen LogP contribution in [0.15, 0.2) is 30.3 Å². The van der Waals surface area contributed by atoms with Gasteiger partial charge < -0.3 is 15.9 Å². The van der Waals surface area contributed by atoms with Crippen LogP contribution in [0.25, 0.3) is 11.4 Å². The predicted molar refractivity (Wildman–Crippen MR) is 60.5 cm³/mol. The standard InChI is InChI=1S/C11H9N3O3/c12-9-5-7(11(16)17)13-10(14-9)6-3-1-2-4-8(6)15/h1-5,15H,(H,16,17)(H2,12,13,14). The highest BCUT2D eigenvalue weighted by Crippen LogP contribution is 2.26. The van der Waals surface area contributed by atoms with Gasteiger partial charge in [0.2, 0.25) is 0 Å². The molecule has 86 valence electrons. The lowest BCUT2D eigenvalue weighted by Crippen LogP contribution is -2.05. The minimum atomic E-state index is -1.20. The van der Waals surface area contributed by atoms with Gasteiger partial charge in [0.25, 0.3) is 0 Å². The molecular weight excluding hydrogens is 222 g/mol. The molecule has 4 N–H and O–H groups in total. The van der Waals surface area contributed by atoms with Gasteiger partial charge in [-0.25, -0.2) is 14.8 Å². The average molecular weight is 231 g/mol. The van der Waals surface area contributed by atoms with E-state index < -0.39 is 5.97 Å². The maximum atomic E-state index is 10.8. The summed E-state index contributed by atoms with van der Waals surface area (Å²) in [5, 5.41) is 18.5. The van der Waals surface area contributed by atoms with Gasteiger partial charge in [0, 0.05) is 6.07 Å². The molecule has 0 aliphatic carbocycles. The first-order valence-corrected chi connectivity index (χ1v) is 4.74. The van der Waals surface area contributed by atoms with Crippen molar-refractivity contribution in [2.45, 2.75) is 0 Å². The number of rotatable bonds is 2. The molecule has 6 nitrogen and oxygen atoms in total. The number of phenolic OH excluding ortho intramolecular Hbond substituents is 1. The number of hydrogen-bond acceptors (Lipinski definition) is 5. The summed E-state index contributed by atoms with van der Waals surface area (Å²) in [6.45, 7) is 0. The third-order valence-electron chi connectivity index (χ3n) is 2.11. The number of benzene rings is 1. The Morgan fingerprint density at radius 3 is 2.59 bits per heavy atom. The van der Waals surface area contributed by atoms with Crippen molar-refractivity contribution in [3.63, 3.8) is 0 Å². The minimum Gasteiger partial charge on any atom is -0.507 e. The molecule has 0 unspecified atom stereocenters. The van der Waals surface area contributed by atoms with Crippen LogP contribution < -0.4 is 5.73 Å². The third kappa shape index (κ3) is 2.15. The molecule has 1 heterocycles. The highest BCUT2D eigenvalue weighted by Gasteiger charge is 2.12. The number of carbonyl (C=O) groups is 1. The van der Waals surface area contributed by atoms with Crippen LogP contribution in [-0.2, 0) is 0 Å². The van der Waals surface area contributed by atoms with Crippen molar-refractivity contribution in [2.75, 3.05) is 5.73 Å². The first-order chi connectivity index (χ1) is 8.08. The van der Waals surface area contributed by atoms with Crippen LogP contribution in [0.3, 0.4) is 0 Å². The Kier molecular flexibility index (Phi) is 2.61. The van der Waals surface area contributed by atoms with Crippen LogP contribution in [0, 0.1) is 0 Å². The molecular formula is C11H9N3O3. The van der Waals surface area contributed by atoms with E-state index in [2.05, 4.69) is 9.97 Å². The normalized spacial score (nSPS) is 10.1. The number of carboxylic acids is 1. The third-order valence-corrected chi connectivity index (χ3v) is 2.11. The molecule has 6 heteroatoms. The van der Waals surface area contributed by atoms with Crippen molar-refractivity contribution in [3.05, 3.63) is 36.0 Å². The van der Waals surface area contributed by atoms with Crippen molar-refractivity contribution in [1.29, 1.82) is 0 Å². The second kappa shape index (κ2) is 4.09. The lowest BCUT2D eigenvalue weighted by molar-refractivity contribution is 0.0690. The highest BCUT2D eigenvalue weighted by atomic mass is 16.4. The number of anilines is 1. The van der Waals surface area contributed by atoms with Crippen LogP contribution in [-0.4, -0.2) is 26.2 Å². The van der Waals surface area contributed by atoms with E-state index in [9.17, 15) is 9.90 Å². The van der Waals surface area contributed by atoms with Crippen molar-refractivity contribution in [3.8, 4) is 17.1 Å². The molecule has 0 spiro atoms. The molecule has 0 saturated heterocycles. The number of nitrogen functional groups attached to an aromatic ring is 1. The molecule has 0 bridgehead atoms. The summed E-state index contributed by atoms with van der Waals surface area (Å²) in [7, 11) is 0. The molecule has 2 rings (SSSR count). The van der Waals surface area contributed by atoms with Gasteiger partial charge >= 0.3 is 5.97 Å². The van der Waals surface area contributed by atoms with Crippen LogP contribution in [0.5, 0.6) is 5.75 Å². The van der Waals surface area contributed by atoms with E-state index >= 15 is 0 Å². The van der Waals surface area contributed by atoms with E-state index in [1.807, 2.05) is 0 Å². The Bertz CT molecular complexity index is 584. The van der Waals surface area contributed by atoms with Gasteiger partial charge in [-0.05, 0) is 12.1 Å². The molecule has 0 aliphatic heterocycles. The minimum absolute atomic E-state index is 0.0329. The zero-order valence-corrected chi connectivity index (χ0v) is 8.66. The fourth-order valence-electron chi connectivity index (χ4n) is 1.36. The SMILES string of the molecule is Nc1cc(C(=O)O)nc(-c2ccccc2O)n1. The predicted octanol–water partition coefficient (Wildman–Crippen LogP) is 1.13. The summed E-state index contributed by atoms with van der Waals surface area (Å²) < 4.78 is 0. The Balaban J connectivity index is 2.60. The monoisotopic (exact) mass is 231 g/mol. The molecule has 0 atom stereocenters. The summed E-state index contributed by atoms with van der Waals surface area (Å²) in [5.41, 5.74) is 5.61. The first kappa shape index (κ1) is 10.9. The van der Waals surface area contributed by atoms with Crippen molar-refractivity contribution in [2.24, 2.45) is 0 Å². The molecule has 0 amide bonds. The molecule has 2 aromatic rings. The smallest absolute Gasteiger partial charge is 0.354 e. The van der Waals surface area contributed by atoms with Crippen LogP contribution in [0.1, 0.15) is 10.5 Å². The van der Waals surface area contributed by atoms with Gasteiger partial charge in [0.1, 0.15) is 11.6 Å². The quantitative estimate of drug-likeness (QED) is 0.714. The van der Waals surface area contributed by atoms with Crippen molar-refractivity contribution in [1.82, 2.24) is 9.97 Å². The van der Waals surface area contributed by atoms with E-state index in [-0.39, 0.29) is 23.1 Å². The van der Waals surface area contributed by atoms with Gasteiger partial charge in [-0.3, -0.25) is 0 Å². The Morgan fingerprint density at radius 2 is 1.94 bits per heavy atom. The number of aromatic hydroxyl groups is 1. The highest BCUT2D eigenvalue weighted by molar-refractivity contribution is 5.87. The summed E-state index contributed by atoms with van der Waals surface area (Å²) >= 11 is 0. The van der Waals surface area contributed by atoms with E-state index in [0.29, 0.717) is 5.56 Å². The topological polar surface area (TPSA) is 109 Å².